The summed E-state index contributed by atoms with van der Waals surface area (Å²) in [6, 6.07) is 3.46. The number of rotatable bonds is 8. The summed E-state index contributed by atoms with van der Waals surface area (Å²) in [7, 11) is 2.76. The molecule has 2 bridgehead atoms. The molecule has 1 aliphatic heterocycles. The normalized spacial score (nSPS) is 25.9. The zero-order valence-corrected chi connectivity index (χ0v) is 17.4. The molecular formula is C23H24N2O6. The minimum atomic E-state index is -0.516. The van der Waals surface area contributed by atoms with Crippen molar-refractivity contribution in [1.82, 2.24) is 5.01 Å². The summed E-state index contributed by atoms with van der Waals surface area (Å²) in [5, 5.41) is 5.22. The Kier molecular flexibility index (Phi) is 5.63. The molecule has 0 spiro atoms. The van der Waals surface area contributed by atoms with Crippen molar-refractivity contribution in [3.63, 3.8) is 0 Å². The topological polar surface area (TPSA) is 94.5 Å². The Morgan fingerprint density at radius 2 is 1.87 bits per heavy atom. The van der Waals surface area contributed by atoms with Gasteiger partial charge in [0.1, 0.15) is 0 Å². The number of imide groups is 1. The minimum Gasteiger partial charge on any atom is -0.493 e. The third kappa shape index (κ3) is 3.62. The van der Waals surface area contributed by atoms with Gasteiger partial charge in [0.05, 0.1) is 32.3 Å². The van der Waals surface area contributed by atoms with E-state index >= 15 is 0 Å². The molecule has 2 amide bonds. The van der Waals surface area contributed by atoms with Crippen LogP contribution in [-0.4, -0.2) is 49.8 Å². The van der Waals surface area contributed by atoms with Gasteiger partial charge in [-0.2, -0.15) is 10.1 Å². The third-order valence-corrected chi connectivity index (χ3v) is 6.07. The fourth-order valence-electron chi connectivity index (χ4n) is 4.70. The van der Waals surface area contributed by atoms with Crippen LogP contribution < -0.4 is 9.47 Å². The number of carbonyl (C=O) groups is 3. The fourth-order valence-corrected chi connectivity index (χ4v) is 4.70. The molecule has 0 aromatic heterocycles. The Morgan fingerprint density at radius 1 is 1.19 bits per heavy atom. The molecule has 3 aliphatic rings. The van der Waals surface area contributed by atoms with E-state index in [9.17, 15) is 14.4 Å². The molecule has 1 aromatic carbocycles. The van der Waals surface area contributed by atoms with Gasteiger partial charge in [0.2, 0.25) is 0 Å². The van der Waals surface area contributed by atoms with E-state index in [2.05, 4.69) is 16.4 Å². The smallest absolute Gasteiger partial charge is 0.343 e. The van der Waals surface area contributed by atoms with Crippen molar-refractivity contribution in [1.29, 1.82) is 0 Å². The van der Waals surface area contributed by atoms with Crippen LogP contribution in [0.25, 0.3) is 0 Å². The lowest BCUT2D eigenvalue weighted by Gasteiger charge is -2.15. The zero-order valence-electron chi connectivity index (χ0n) is 17.4. The third-order valence-electron chi connectivity index (χ3n) is 6.07. The number of ether oxygens (including phenoxy) is 3. The number of hydrogen-bond donors (Lipinski definition) is 0. The van der Waals surface area contributed by atoms with Crippen LogP contribution in [-0.2, 0) is 25.5 Å². The lowest BCUT2D eigenvalue weighted by atomic mass is 9.85. The maximum absolute atomic E-state index is 12.8. The molecule has 0 N–H and O–H groups in total. The van der Waals surface area contributed by atoms with Crippen molar-refractivity contribution >= 4 is 24.0 Å². The van der Waals surface area contributed by atoms with Crippen molar-refractivity contribution < 1.29 is 28.6 Å². The fraction of sp³-hybridized carbons (Fsp3) is 0.391. The van der Waals surface area contributed by atoms with Crippen molar-refractivity contribution in [2.24, 2.45) is 28.8 Å². The van der Waals surface area contributed by atoms with Crippen LogP contribution >= 0.6 is 0 Å². The first-order chi connectivity index (χ1) is 15.0. The van der Waals surface area contributed by atoms with Crippen LogP contribution in [0.1, 0.15) is 17.5 Å². The van der Waals surface area contributed by atoms with Crippen LogP contribution in [0.2, 0.25) is 0 Å². The van der Waals surface area contributed by atoms with E-state index in [0.717, 1.165) is 17.0 Å². The average Bonchev–Trinajstić information content (AvgIpc) is 3.45. The highest BCUT2D eigenvalue weighted by atomic mass is 16.6. The number of hydrazone groups is 1. The predicted octanol–water partition coefficient (Wildman–Crippen LogP) is 2.12. The summed E-state index contributed by atoms with van der Waals surface area (Å²) in [5.74, 6) is -0.511. The molecule has 1 saturated carbocycles. The molecule has 8 nitrogen and oxygen atoms in total. The van der Waals surface area contributed by atoms with Gasteiger partial charge in [-0.05, 0) is 42.4 Å². The van der Waals surface area contributed by atoms with Gasteiger partial charge in [0, 0.05) is 5.56 Å². The van der Waals surface area contributed by atoms with Crippen LogP contribution in [0, 0.1) is 23.7 Å². The van der Waals surface area contributed by atoms with Gasteiger partial charge in [0.25, 0.3) is 11.8 Å². The van der Waals surface area contributed by atoms with E-state index in [1.54, 1.807) is 18.2 Å². The highest BCUT2D eigenvalue weighted by Crippen LogP contribution is 2.52. The summed E-state index contributed by atoms with van der Waals surface area (Å²) in [5.41, 5.74) is 1.34. The Bertz CT molecular complexity index is 968. The number of benzene rings is 1. The maximum Gasteiger partial charge on any atom is 0.343 e. The Balaban J connectivity index is 1.58. The Labute approximate surface area is 180 Å². The quantitative estimate of drug-likeness (QED) is 0.275. The zero-order chi connectivity index (χ0) is 22.1. The molecule has 0 radical (unpaired) electrons. The van der Waals surface area contributed by atoms with Gasteiger partial charge in [-0.15, -0.1) is 6.58 Å². The largest absolute Gasteiger partial charge is 0.493 e. The molecule has 1 saturated heterocycles. The van der Waals surface area contributed by atoms with E-state index < -0.39 is 5.97 Å². The number of methoxy groups -OCH3 is 2. The number of hydrogen-bond acceptors (Lipinski definition) is 7. The number of nitrogens with zero attached hydrogens (tertiary/aromatic N) is 2. The summed E-state index contributed by atoms with van der Waals surface area (Å²) < 4.78 is 15.6. The minimum absolute atomic E-state index is 0.136. The predicted molar refractivity (Wildman–Crippen MR) is 112 cm³/mol. The van der Waals surface area contributed by atoms with E-state index in [1.165, 1.54) is 20.4 Å². The summed E-state index contributed by atoms with van der Waals surface area (Å²) in [6.45, 7) is 3.49. The van der Waals surface area contributed by atoms with Crippen molar-refractivity contribution in [2.45, 2.75) is 12.8 Å². The lowest BCUT2D eigenvalue weighted by Crippen LogP contribution is -2.28. The Hall–Kier alpha value is -3.42. The number of amides is 2. The molecule has 2 fully saturated rings. The number of esters is 1. The highest BCUT2D eigenvalue weighted by Gasteiger charge is 2.59. The number of carbonyl (C=O) groups excluding carboxylic acids is 3. The second-order valence-corrected chi connectivity index (χ2v) is 7.80. The summed E-state index contributed by atoms with van der Waals surface area (Å²) >= 11 is 0. The molecule has 162 valence electrons. The molecule has 4 unspecified atom stereocenters. The van der Waals surface area contributed by atoms with Crippen molar-refractivity contribution in [3.05, 3.63) is 48.1 Å². The standard InChI is InChI=1S/C23H24N2O6/c1-4-5-16-8-13(9-17(29-2)21(16)31-12-18(26)30-3)11-24-25-22(27)19-14-6-7-15(10-14)20(19)23(25)28/h4,6-9,11,14-15,19-20H,1,5,10,12H2,2-3H3. The van der Waals surface area contributed by atoms with Crippen molar-refractivity contribution in [3.8, 4) is 11.5 Å². The molecule has 8 heteroatoms. The van der Waals surface area contributed by atoms with Gasteiger partial charge >= 0.3 is 5.97 Å². The average molecular weight is 424 g/mol. The van der Waals surface area contributed by atoms with Crippen LogP contribution in [0.3, 0.4) is 0 Å². The van der Waals surface area contributed by atoms with E-state index in [1.807, 2.05) is 12.2 Å². The molecule has 1 heterocycles. The first-order valence-electron chi connectivity index (χ1n) is 10.1. The summed E-state index contributed by atoms with van der Waals surface area (Å²) in [4.78, 5) is 37.0. The first kappa shape index (κ1) is 20.8. The SMILES string of the molecule is C=CCc1cc(C=NN2C(=O)C3C4C=CC(C4)C3C2=O)cc(OC)c1OCC(=O)OC. The summed E-state index contributed by atoms with van der Waals surface area (Å²) in [6.07, 6.45) is 8.58. The first-order valence-corrected chi connectivity index (χ1v) is 10.1. The monoisotopic (exact) mass is 424 g/mol. The van der Waals surface area contributed by atoms with Gasteiger partial charge in [-0.3, -0.25) is 9.59 Å². The van der Waals surface area contributed by atoms with Crippen molar-refractivity contribution in [2.75, 3.05) is 20.8 Å². The van der Waals surface area contributed by atoms with E-state index in [0.29, 0.717) is 23.5 Å². The highest BCUT2D eigenvalue weighted by molar-refractivity contribution is 6.06. The second-order valence-electron chi connectivity index (χ2n) is 7.80. The van der Waals surface area contributed by atoms with Gasteiger partial charge < -0.3 is 14.2 Å². The van der Waals surface area contributed by atoms with E-state index in [-0.39, 0.29) is 42.1 Å². The van der Waals surface area contributed by atoms with Crippen LogP contribution in [0.4, 0.5) is 0 Å². The van der Waals surface area contributed by atoms with Gasteiger partial charge in [-0.25, -0.2) is 4.79 Å². The molecule has 31 heavy (non-hydrogen) atoms. The van der Waals surface area contributed by atoms with Gasteiger partial charge in [0.15, 0.2) is 18.1 Å². The number of fused-ring (bicyclic) bond motifs is 5. The van der Waals surface area contributed by atoms with Gasteiger partial charge in [-0.1, -0.05) is 18.2 Å². The lowest BCUT2D eigenvalue weighted by molar-refractivity contribution is -0.143. The molecule has 4 rings (SSSR count). The second kappa shape index (κ2) is 8.37. The molecule has 2 aliphatic carbocycles. The van der Waals surface area contributed by atoms with Crippen LogP contribution in [0.15, 0.2) is 42.0 Å². The molecular weight excluding hydrogens is 400 g/mol. The van der Waals surface area contributed by atoms with E-state index in [4.69, 9.17) is 9.47 Å². The molecule has 4 atom stereocenters. The Morgan fingerprint density at radius 3 is 2.45 bits per heavy atom. The number of allylic oxidation sites excluding steroid dienone is 3. The maximum atomic E-state index is 12.8. The van der Waals surface area contributed by atoms with Crippen LogP contribution in [0.5, 0.6) is 11.5 Å². The molecule has 1 aromatic rings.